The standard InChI is InChI=1S/C18H32N4O2/c19-18(10-4-5-11-18)16(23)22-12-8-15(9-13-22)21-17(24)20-14-6-2-1-3-7-14/h14-15H,1-13,19H2,(H2,20,21,24). The lowest BCUT2D eigenvalue weighted by molar-refractivity contribution is -0.137. The number of nitrogens with one attached hydrogen (secondary N) is 2. The van der Waals surface area contributed by atoms with Gasteiger partial charge in [-0.05, 0) is 38.5 Å². The van der Waals surface area contributed by atoms with Gasteiger partial charge in [0.1, 0.15) is 0 Å². The quantitative estimate of drug-likeness (QED) is 0.735. The Labute approximate surface area is 144 Å². The van der Waals surface area contributed by atoms with Crippen molar-refractivity contribution in [2.24, 2.45) is 5.73 Å². The molecule has 6 nitrogen and oxygen atoms in total. The van der Waals surface area contributed by atoms with Gasteiger partial charge in [0.05, 0.1) is 5.54 Å². The van der Waals surface area contributed by atoms with Crippen LogP contribution in [0.3, 0.4) is 0 Å². The summed E-state index contributed by atoms with van der Waals surface area (Å²) in [4.78, 5) is 26.7. The third-order valence-corrected chi connectivity index (χ3v) is 5.98. The fraction of sp³-hybridized carbons (Fsp3) is 0.889. The molecule has 3 rings (SSSR count). The summed E-state index contributed by atoms with van der Waals surface area (Å²) in [6, 6.07) is 0.451. The first kappa shape index (κ1) is 17.5. The molecule has 1 aliphatic heterocycles. The number of hydrogen-bond donors (Lipinski definition) is 3. The molecular formula is C18H32N4O2. The maximum atomic E-state index is 12.6. The van der Waals surface area contributed by atoms with Crippen LogP contribution in [0.2, 0.25) is 0 Å². The molecule has 2 saturated carbocycles. The SMILES string of the molecule is NC1(C(=O)N2CCC(NC(=O)NC3CCCCC3)CC2)CCCC1. The summed E-state index contributed by atoms with van der Waals surface area (Å²) in [6.07, 6.45) is 11.3. The van der Waals surface area contributed by atoms with Crippen molar-refractivity contribution in [3.8, 4) is 0 Å². The van der Waals surface area contributed by atoms with E-state index >= 15 is 0 Å². The van der Waals surface area contributed by atoms with Gasteiger partial charge >= 0.3 is 6.03 Å². The minimum Gasteiger partial charge on any atom is -0.341 e. The Kier molecular flexibility index (Phi) is 5.64. The average Bonchev–Trinajstić information content (AvgIpc) is 3.04. The summed E-state index contributed by atoms with van der Waals surface area (Å²) < 4.78 is 0. The van der Waals surface area contributed by atoms with Crippen LogP contribution in [0, 0.1) is 0 Å². The Hall–Kier alpha value is -1.30. The smallest absolute Gasteiger partial charge is 0.315 e. The molecule has 1 saturated heterocycles. The number of urea groups is 1. The Bertz CT molecular complexity index is 448. The Morgan fingerprint density at radius 1 is 0.833 bits per heavy atom. The zero-order chi connectivity index (χ0) is 17.0. The van der Waals surface area contributed by atoms with Crippen molar-refractivity contribution in [3.63, 3.8) is 0 Å². The van der Waals surface area contributed by atoms with E-state index in [1.54, 1.807) is 0 Å². The van der Waals surface area contributed by atoms with Gasteiger partial charge in [0.2, 0.25) is 5.91 Å². The van der Waals surface area contributed by atoms with E-state index in [1.807, 2.05) is 4.90 Å². The van der Waals surface area contributed by atoms with E-state index in [-0.39, 0.29) is 18.0 Å². The van der Waals surface area contributed by atoms with Gasteiger partial charge in [-0.1, -0.05) is 32.1 Å². The number of likely N-dealkylation sites (tertiary alicyclic amines) is 1. The number of carbonyl (C=O) groups is 2. The highest BCUT2D eigenvalue weighted by molar-refractivity contribution is 5.86. The Balaban J connectivity index is 1.40. The molecule has 1 heterocycles. The van der Waals surface area contributed by atoms with Gasteiger partial charge in [0.15, 0.2) is 0 Å². The lowest BCUT2D eigenvalue weighted by Gasteiger charge is -2.37. The van der Waals surface area contributed by atoms with E-state index < -0.39 is 5.54 Å². The molecule has 6 heteroatoms. The second kappa shape index (κ2) is 7.72. The van der Waals surface area contributed by atoms with Crippen LogP contribution < -0.4 is 16.4 Å². The molecular weight excluding hydrogens is 304 g/mol. The molecule has 0 radical (unpaired) electrons. The second-order valence-corrected chi connectivity index (χ2v) is 7.88. The van der Waals surface area contributed by atoms with Crippen molar-refractivity contribution in [2.45, 2.75) is 88.3 Å². The van der Waals surface area contributed by atoms with Gasteiger partial charge in [-0.2, -0.15) is 0 Å². The van der Waals surface area contributed by atoms with Gasteiger partial charge in [0, 0.05) is 25.2 Å². The number of nitrogens with two attached hydrogens (primary N) is 1. The summed E-state index contributed by atoms with van der Waals surface area (Å²) in [5, 5.41) is 6.19. The van der Waals surface area contributed by atoms with E-state index in [4.69, 9.17) is 5.73 Å². The van der Waals surface area contributed by atoms with Gasteiger partial charge in [0.25, 0.3) is 0 Å². The maximum absolute atomic E-state index is 12.6. The highest BCUT2D eigenvalue weighted by Crippen LogP contribution is 2.30. The molecule has 0 bridgehead atoms. The van der Waals surface area contributed by atoms with E-state index in [1.165, 1.54) is 19.3 Å². The summed E-state index contributed by atoms with van der Waals surface area (Å²) >= 11 is 0. The predicted molar refractivity (Wildman–Crippen MR) is 93.5 cm³/mol. The molecule has 0 unspecified atom stereocenters. The second-order valence-electron chi connectivity index (χ2n) is 7.88. The van der Waals surface area contributed by atoms with Crippen LogP contribution in [-0.2, 0) is 4.79 Å². The molecule has 3 fully saturated rings. The minimum absolute atomic E-state index is 0.0437. The first-order valence-corrected chi connectivity index (χ1v) is 9.72. The van der Waals surface area contributed by atoms with Crippen molar-refractivity contribution >= 4 is 11.9 Å². The van der Waals surface area contributed by atoms with Crippen LogP contribution in [0.5, 0.6) is 0 Å². The van der Waals surface area contributed by atoms with E-state index in [0.717, 1.165) is 51.4 Å². The van der Waals surface area contributed by atoms with E-state index in [9.17, 15) is 9.59 Å². The molecule has 0 aromatic rings. The van der Waals surface area contributed by atoms with Crippen molar-refractivity contribution in [2.75, 3.05) is 13.1 Å². The summed E-state index contributed by atoms with van der Waals surface area (Å²) in [5.74, 6) is 0.116. The van der Waals surface area contributed by atoms with Gasteiger partial charge < -0.3 is 21.3 Å². The largest absolute Gasteiger partial charge is 0.341 e. The van der Waals surface area contributed by atoms with Crippen molar-refractivity contribution in [3.05, 3.63) is 0 Å². The topological polar surface area (TPSA) is 87.5 Å². The third-order valence-electron chi connectivity index (χ3n) is 5.98. The predicted octanol–water partition coefficient (Wildman–Crippen LogP) is 1.88. The normalized spacial score (nSPS) is 25.5. The molecule has 0 aromatic heterocycles. The van der Waals surface area contributed by atoms with Crippen LogP contribution in [0.4, 0.5) is 4.79 Å². The zero-order valence-electron chi connectivity index (χ0n) is 14.7. The van der Waals surface area contributed by atoms with Crippen molar-refractivity contribution in [1.29, 1.82) is 0 Å². The summed E-state index contributed by atoms with van der Waals surface area (Å²) in [5.41, 5.74) is 5.66. The van der Waals surface area contributed by atoms with E-state index in [0.29, 0.717) is 19.1 Å². The van der Waals surface area contributed by atoms with E-state index in [2.05, 4.69) is 10.6 Å². The number of carbonyl (C=O) groups excluding carboxylic acids is 2. The molecule has 2 aliphatic carbocycles. The summed E-state index contributed by atoms with van der Waals surface area (Å²) in [6.45, 7) is 1.40. The number of rotatable bonds is 3. The van der Waals surface area contributed by atoms with Crippen molar-refractivity contribution in [1.82, 2.24) is 15.5 Å². The van der Waals surface area contributed by atoms with Gasteiger partial charge in [-0.3, -0.25) is 4.79 Å². The number of nitrogens with zero attached hydrogens (tertiary/aromatic N) is 1. The highest BCUT2D eigenvalue weighted by atomic mass is 16.2. The fourth-order valence-corrected chi connectivity index (χ4v) is 4.42. The van der Waals surface area contributed by atoms with Crippen LogP contribution >= 0.6 is 0 Å². The molecule has 136 valence electrons. The zero-order valence-corrected chi connectivity index (χ0v) is 14.7. The fourth-order valence-electron chi connectivity index (χ4n) is 4.42. The van der Waals surface area contributed by atoms with Crippen LogP contribution in [0.1, 0.15) is 70.6 Å². The third kappa shape index (κ3) is 4.21. The minimum atomic E-state index is -0.626. The first-order valence-electron chi connectivity index (χ1n) is 9.72. The van der Waals surface area contributed by atoms with Gasteiger partial charge in [-0.15, -0.1) is 0 Å². The molecule has 3 amide bonds. The number of amides is 3. The first-order chi connectivity index (χ1) is 11.6. The number of piperidine rings is 1. The lowest BCUT2D eigenvalue weighted by Crippen LogP contribution is -2.57. The van der Waals surface area contributed by atoms with Gasteiger partial charge in [-0.25, -0.2) is 4.79 Å². The highest BCUT2D eigenvalue weighted by Gasteiger charge is 2.40. The van der Waals surface area contributed by atoms with Crippen LogP contribution in [0.25, 0.3) is 0 Å². The van der Waals surface area contributed by atoms with Crippen LogP contribution in [-0.4, -0.2) is 47.6 Å². The molecule has 24 heavy (non-hydrogen) atoms. The molecule has 3 aliphatic rings. The molecule has 0 aromatic carbocycles. The molecule has 0 spiro atoms. The maximum Gasteiger partial charge on any atom is 0.315 e. The molecule has 4 N–H and O–H groups in total. The van der Waals surface area contributed by atoms with Crippen molar-refractivity contribution < 1.29 is 9.59 Å². The summed E-state index contributed by atoms with van der Waals surface area (Å²) in [7, 11) is 0. The Morgan fingerprint density at radius 2 is 1.38 bits per heavy atom. The monoisotopic (exact) mass is 336 g/mol. The average molecular weight is 336 g/mol. The van der Waals surface area contributed by atoms with Crippen LogP contribution in [0.15, 0.2) is 0 Å². The lowest BCUT2D eigenvalue weighted by atomic mass is 9.95. The number of hydrogen-bond acceptors (Lipinski definition) is 3. The Morgan fingerprint density at radius 3 is 1.96 bits per heavy atom. The molecule has 0 atom stereocenters.